The molecule has 1 atom stereocenters. The number of benzene rings is 1. The number of aliphatic hydroxyl groups is 1. The van der Waals surface area contributed by atoms with E-state index in [1.165, 1.54) is 0 Å². The first-order valence-electron chi connectivity index (χ1n) is 5.89. The van der Waals surface area contributed by atoms with Crippen molar-refractivity contribution in [3.05, 3.63) is 35.4 Å². The molecule has 0 radical (unpaired) electrons. The van der Waals surface area contributed by atoms with Crippen molar-refractivity contribution in [1.82, 2.24) is 10.6 Å². The highest BCUT2D eigenvalue weighted by Crippen LogP contribution is 2.05. The van der Waals surface area contributed by atoms with Gasteiger partial charge in [-0.3, -0.25) is 0 Å². The summed E-state index contributed by atoms with van der Waals surface area (Å²) in [5, 5.41) is 15.0. The van der Waals surface area contributed by atoms with Gasteiger partial charge >= 0.3 is 6.03 Å². The Kier molecular flexibility index (Phi) is 6.60. The van der Waals surface area contributed by atoms with E-state index in [1.807, 2.05) is 30.5 Å². The number of carbonyl (C=O) groups is 1. The fraction of sp³-hybridized carbons (Fsp3) is 0.462. The third-order valence-corrected chi connectivity index (χ3v) is 3.55. The van der Waals surface area contributed by atoms with Gasteiger partial charge in [-0.05, 0) is 17.4 Å². The van der Waals surface area contributed by atoms with Crippen LogP contribution in [-0.4, -0.2) is 29.2 Å². The largest absolute Gasteiger partial charge is 0.392 e. The second-order valence-electron chi connectivity index (χ2n) is 4.09. The number of carbonyl (C=O) groups excluding carboxylic acids is 1. The zero-order valence-electron chi connectivity index (χ0n) is 10.8. The van der Waals surface area contributed by atoms with Crippen LogP contribution in [0.4, 0.5) is 4.79 Å². The molecule has 0 spiro atoms. The minimum atomic E-state index is -0.162. The molecule has 0 aliphatic rings. The quantitative estimate of drug-likeness (QED) is 0.736. The minimum absolute atomic E-state index is 0.0191. The van der Waals surface area contributed by atoms with Crippen LogP contribution in [0.15, 0.2) is 24.3 Å². The standard InChI is InChI=1S/C13H20N2O2S/c1-10(18-2)7-14-13(17)15-8-11-4-3-5-12(6-11)9-16/h3-6,10,16H,7-9H2,1-2H3,(H2,14,15,17)/t10-/m1/s1. The molecule has 100 valence electrons. The number of hydrogen-bond acceptors (Lipinski definition) is 3. The van der Waals surface area contributed by atoms with E-state index in [2.05, 4.69) is 17.6 Å². The molecule has 1 rings (SSSR count). The SMILES string of the molecule is CS[C@H](C)CNC(=O)NCc1cccc(CO)c1. The Morgan fingerprint density at radius 1 is 1.39 bits per heavy atom. The van der Waals surface area contributed by atoms with Crippen molar-refractivity contribution in [3.8, 4) is 0 Å². The third kappa shape index (κ3) is 5.42. The lowest BCUT2D eigenvalue weighted by Crippen LogP contribution is -2.38. The number of thioether (sulfide) groups is 1. The molecule has 1 aromatic carbocycles. The summed E-state index contributed by atoms with van der Waals surface area (Å²) in [6.07, 6.45) is 2.02. The van der Waals surface area contributed by atoms with E-state index in [9.17, 15) is 4.79 Å². The molecular formula is C13H20N2O2S. The van der Waals surface area contributed by atoms with Crippen LogP contribution < -0.4 is 10.6 Å². The molecular weight excluding hydrogens is 248 g/mol. The number of amides is 2. The second-order valence-corrected chi connectivity index (χ2v) is 5.36. The van der Waals surface area contributed by atoms with Crippen LogP contribution in [0.2, 0.25) is 0 Å². The number of aliphatic hydroxyl groups excluding tert-OH is 1. The molecule has 0 saturated carbocycles. The van der Waals surface area contributed by atoms with E-state index in [0.29, 0.717) is 18.3 Å². The normalized spacial score (nSPS) is 11.9. The van der Waals surface area contributed by atoms with Gasteiger partial charge in [0.1, 0.15) is 0 Å². The van der Waals surface area contributed by atoms with Crippen molar-refractivity contribution in [3.63, 3.8) is 0 Å². The molecule has 1 aromatic rings. The summed E-state index contributed by atoms with van der Waals surface area (Å²) in [6, 6.07) is 7.36. The van der Waals surface area contributed by atoms with Crippen LogP contribution in [0.25, 0.3) is 0 Å². The van der Waals surface area contributed by atoms with Gasteiger partial charge in [-0.15, -0.1) is 0 Å². The summed E-state index contributed by atoms with van der Waals surface area (Å²) in [7, 11) is 0. The fourth-order valence-electron chi connectivity index (χ4n) is 1.40. The minimum Gasteiger partial charge on any atom is -0.392 e. The maximum Gasteiger partial charge on any atom is 0.315 e. The van der Waals surface area contributed by atoms with E-state index >= 15 is 0 Å². The summed E-state index contributed by atoms with van der Waals surface area (Å²) in [4.78, 5) is 11.5. The Hall–Kier alpha value is -1.20. The number of hydrogen-bond donors (Lipinski definition) is 3. The lowest BCUT2D eigenvalue weighted by Gasteiger charge is -2.11. The lowest BCUT2D eigenvalue weighted by atomic mass is 10.1. The van der Waals surface area contributed by atoms with Crippen molar-refractivity contribution in [2.75, 3.05) is 12.8 Å². The molecule has 0 fully saturated rings. The fourth-order valence-corrected chi connectivity index (χ4v) is 1.65. The zero-order valence-corrected chi connectivity index (χ0v) is 11.6. The van der Waals surface area contributed by atoms with Gasteiger partial charge in [0.05, 0.1) is 6.61 Å². The molecule has 4 nitrogen and oxygen atoms in total. The highest BCUT2D eigenvalue weighted by atomic mass is 32.2. The first-order chi connectivity index (χ1) is 8.65. The Labute approximate surface area is 112 Å². The first-order valence-corrected chi connectivity index (χ1v) is 7.17. The molecule has 0 aliphatic heterocycles. The first kappa shape index (κ1) is 14.9. The predicted molar refractivity (Wildman–Crippen MR) is 75.6 cm³/mol. The van der Waals surface area contributed by atoms with Crippen molar-refractivity contribution in [2.45, 2.75) is 25.3 Å². The molecule has 2 amide bonds. The van der Waals surface area contributed by atoms with Gasteiger partial charge in [0.15, 0.2) is 0 Å². The molecule has 0 aliphatic carbocycles. The zero-order chi connectivity index (χ0) is 13.4. The van der Waals surface area contributed by atoms with Crippen LogP contribution in [-0.2, 0) is 13.2 Å². The maximum absolute atomic E-state index is 11.5. The van der Waals surface area contributed by atoms with E-state index < -0.39 is 0 Å². The topological polar surface area (TPSA) is 61.4 Å². The van der Waals surface area contributed by atoms with Crippen molar-refractivity contribution in [2.24, 2.45) is 0 Å². The predicted octanol–water partition coefficient (Wildman–Crippen LogP) is 1.73. The number of rotatable bonds is 6. The lowest BCUT2D eigenvalue weighted by molar-refractivity contribution is 0.240. The van der Waals surface area contributed by atoms with Crippen molar-refractivity contribution < 1.29 is 9.90 Å². The smallest absolute Gasteiger partial charge is 0.315 e. The average Bonchev–Trinajstić information content (AvgIpc) is 2.42. The van der Waals surface area contributed by atoms with Crippen molar-refractivity contribution >= 4 is 17.8 Å². The maximum atomic E-state index is 11.5. The summed E-state index contributed by atoms with van der Waals surface area (Å²) >= 11 is 1.72. The van der Waals surface area contributed by atoms with Gasteiger partial charge in [-0.2, -0.15) is 11.8 Å². The number of nitrogens with one attached hydrogen (secondary N) is 2. The molecule has 0 bridgehead atoms. The molecule has 0 heterocycles. The highest BCUT2D eigenvalue weighted by Gasteiger charge is 2.03. The Balaban J connectivity index is 2.33. The monoisotopic (exact) mass is 268 g/mol. The summed E-state index contributed by atoms with van der Waals surface area (Å²) in [5.41, 5.74) is 1.83. The average molecular weight is 268 g/mol. The van der Waals surface area contributed by atoms with E-state index in [1.54, 1.807) is 11.8 Å². The molecule has 0 saturated heterocycles. The van der Waals surface area contributed by atoms with Crippen LogP contribution in [0.3, 0.4) is 0 Å². The molecule has 0 unspecified atom stereocenters. The Morgan fingerprint density at radius 3 is 2.78 bits per heavy atom. The van der Waals surface area contributed by atoms with E-state index in [4.69, 9.17) is 5.11 Å². The van der Waals surface area contributed by atoms with Gasteiger partial charge in [-0.1, -0.05) is 31.2 Å². The third-order valence-electron chi connectivity index (χ3n) is 2.58. The Morgan fingerprint density at radius 2 is 2.11 bits per heavy atom. The van der Waals surface area contributed by atoms with Gasteiger partial charge in [0, 0.05) is 18.3 Å². The number of urea groups is 1. The summed E-state index contributed by atoms with van der Waals surface area (Å²) in [6.45, 7) is 3.21. The van der Waals surface area contributed by atoms with Gasteiger partial charge in [0.2, 0.25) is 0 Å². The molecule has 5 heteroatoms. The van der Waals surface area contributed by atoms with Crippen LogP contribution >= 0.6 is 11.8 Å². The Bertz CT molecular complexity index is 385. The van der Waals surface area contributed by atoms with Gasteiger partial charge < -0.3 is 15.7 Å². The molecule has 0 aromatic heterocycles. The second kappa shape index (κ2) is 8.00. The highest BCUT2D eigenvalue weighted by molar-refractivity contribution is 7.99. The molecule has 3 N–H and O–H groups in total. The van der Waals surface area contributed by atoms with E-state index in [0.717, 1.165) is 11.1 Å². The van der Waals surface area contributed by atoms with Crippen molar-refractivity contribution in [1.29, 1.82) is 0 Å². The van der Waals surface area contributed by atoms with Crippen LogP contribution in [0, 0.1) is 0 Å². The summed E-state index contributed by atoms with van der Waals surface area (Å²) < 4.78 is 0. The van der Waals surface area contributed by atoms with E-state index in [-0.39, 0.29) is 12.6 Å². The van der Waals surface area contributed by atoms with Crippen LogP contribution in [0.1, 0.15) is 18.1 Å². The van der Waals surface area contributed by atoms with Crippen LogP contribution in [0.5, 0.6) is 0 Å². The van der Waals surface area contributed by atoms with Gasteiger partial charge in [0.25, 0.3) is 0 Å². The van der Waals surface area contributed by atoms with Gasteiger partial charge in [-0.25, -0.2) is 4.79 Å². The summed E-state index contributed by atoms with van der Waals surface area (Å²) in [5.74, 6) is 0. The molecule has 18 heavy (non-hydrogen) atoms.